The Morgan fingerprint density at radius 2 is 0.746 bits per heavy atom. The van der Waals surface area contributed by atoms with E-state index in [1.54, 1.807) is 0 Å². The molecule has 1 aliphatic heterocycles. The van der Waals surface area contributed by atoms with Gasteiger partial charge in [0.1, 0.15) is 0 Å². The first-order chi connectivity index (χ1) is 31.3. The van der Waals surface area contributed by atoms with E-state index in [2.05, 4.69) is 246 Å². The summed E-state index contributed by atoms with van der Waals surface area (Å²) in [5, 5.41) is 9.83. The van der Waals surface area contributed by atoms with Crippen LogP contribution in [0.1, 0.15) is 0 Å². The quantitative estimate of drug-likeness (QED) is 0.161. The molecule has 0 spiro atoms. The number of rotatable bonds is 4. The molecule has 0 radical (unpaired) electrons. The molecule has 1 aliphatic rings. The first kappa shape index (κ1) is 35.6. The van der Waals surface area contributed by atoms with Gasteiger partial charge in [-0.25, -0.2) is 0 Å². The van der Waals surface area contributed by atoms with Crippen molar-refractivity contribution in [2.75, 3.05) is 4.90 Å². The van der Waals surface area contributed by atoms with Crippen LogP contribution >= 0.6 is 0 Å². The van der Waals surface area contributed by atoms with Gasteiger partial charge in [-0.05, 0) is 79.5 Å². The number of para-hydroxylation sites is 4. The summed E-state index contributed by atoms with van der Waals surface area (Å²) in [7, 11) is 0. The summed E-state index contributed by atoms with van der Waals surface area (Å²) in [5.74, 6) is 0. The summed E-state index contributed by atoms with van der Waals surface area (Å²) in [5.41, 5.74) is 15.8. The van der Waals surface area contributed by atoms with Gasteiger partial charge >= 0.3 is 0 Å². The minimum absolute atomic E-state index is 0.101. The molecule has 0 amide bonds. The van der Waals surface area contributed by atoms with E-state index >= 15 is 0 Å². The summed E-state index contributed by atoms with van der Waals surface area (Å²) in [6.07, 6.45) is 0. The molecule has 0 fully saturated rings. The molecule has 2 aromatic heterocycles. The molecule has 3 heteroatoms. The van der Waals surface area contributed by atoms with Gasteiger partial charge < -0.3 is 9.30 Å². The first-order valence-corrected chi connectivity index (χ1v) is 21.9. The van der Waals surface area contributed by atoms with Crippen molar-refractivity contribution in [3.8, 4) is 22.3 Å². The van der Waals surface area contributed by atoms with Crippen molar-refractivity contribution >= 4 is 99.8 Å². The third-order valence-electron chi connectivity index (χ3n) is 13.4. The third-order valence-corrected chi connectivity index (χ3v) is 13.4. The molecule has 3 heterocycles. The van der Waals surface area contributed by atoms with Crippen LogP contribution in [0.2, 0.25) is 0 Å². The van der Waals surface area contributed by atoms with E-state index in [9.17, 15) is 0 Å². The Kier molecular flexibility index (Phi) is 8.04. The highest BCUT2D eigenvalue weighted by molar-refractivity contribution is 7.00. The number of hydrogen-bond acceptors (Lipinski definition) is 1. The van der Waals surface area contributed by atoms with E-state index in [0.717, 1.165) is 5.69 Å². The number of fused-ring (bicyclic) bond motifs is 13. The minimum atomic E-state index is -0.101. The summed E-state index contributed by atoms with van der Waals surface area (Å²) in [6, 6.07) is 87.6. The zero-order chi connectivity index (χ0) is 41.4. The van der Waals surface area contributed by atoms with E-state index in [4.69, 9.17) is 0 Å². The molecule has 0 atom stereocenters. The maximum Gasteiger partial charge on any atom is 0.248 e. The first-order valence-electron chi connectivity index (χ1n) is 21.9. The molecule has 0 aliphatic carbocycles. The molecule has 0 bridgehead atoms. The van der Waals surface area contributed by atoms with Gasteiger partial charge in [0.15, 0.2) is 0 Å². The number of aromatic nitrogens is 1. The van der Waals surface area contributed by atoms with Crippen molar-refractivity contribution < 1.29 is 0 Å². The van der Waals surface area contributed by atoms with Crippen LogP contribution in [0.5, 0.6) is 0 Å². The lowest BCUT2D eigenvalue weighted by molar-refractivity contribution is 1.30. The predicted molar refractivity (Wildman–Crippen MR) is 270 cm³/mol. The zero-order valence-corrected chi connectivity index (χ0v) is 34.5. The molecular weight excluding hydrogens is 759 g/mol. The molecule has 0 saturated heterocycles. The highest BCUT2D eigenvalue weighted by atomic mass is 15.2. The monoisotopic (exact) mass is 798 g/mol. The fourth-order valence-corrected chi connectivity index (χ4v) is 10.9. The topological polar surface area (TPSA) is 7.65 Å². The Balaban J connectivity index is 1.32. The van der Waals surface area contributed by atoms with Crippen molar-refractivity contribution in [1.29, 1.82) is 0 Å². The highest BCUT2D eigenvalue weighted by Gasteiger charge is 2.40. The van der Waals surface area contributed by atoms with Crippen LogP contribution in [0.3, 0.4) is 0 Å². The fourth-order valence-electron chi connectivity index (χ4n) is 10.9. The van der Waals surface area contributed by atoms with E-state index in [-0.39, 0.29) is 6.71 Å². The van der Waals surface area contributed by atoms with Gasteiger partial charge in [-0.1, -0.05) is 212 Å². The Hall–Kier alpha value is -8.14. The van der Waals surface area contributed by atoms with Crippen LogP contribution in [-0.2, 0) is 0 Å². The van der Waals surface area contributed by atoms with Crippen molar-refractivity contribution in [3.63, 3.8) is 0 Å². The average molecular weight is 799 g/mol. The van der Waals surface area contributed by atoms with Gasteiger partial charge in [-0.15, -0.1) is 0 Å². The lowest BCUT2D eigenvalue weighted by Gasteiger charge is -2.39. The Morgan fingerprint density at radius 3 is 1.41 bits per heavy atom. The van der Waals surface area contributed by atoms with Crippen molar-refractivity contribution in [3.05, 3.63) is 237 Å². The number of benzene rings is 10. The lowest BCUT2D eigenvalue weighted by atomic mass is 9.33. The molecular formula is C60H39BN2. The summed E-state index contributed by atoms with van der Waals surface area (Å²) >= 11 is 0. The van der Waals surface area contributed by atoms with Gasteiger partial charge in [-0.2, -0.15) is 0 Å². The maximum atomic E-state index is 2.58. The molecule has 10 aromatic carbocycles. The summed E-state index contributed by atoms with van der Waals surface area (Å²) < 4.78 is 2.58. The molecule has 63 heavy (non-hydrogen) atoms. The van der Waals surface area contributed by atoms with Crippen molar-refractivity contribution in [2.24, 2.45) is 0 Å². The van der Waals surface area contributed by atoms with Gasteiger partial charge in [0.05, 0.1) is 22.2 Å². The smallest absolute Gasteiger partial charge is 0.248 e. The second-order valence-corrected chi connectivity index (χ2v) is 16.7. The van der Waals surface area contributed by atoms with Crippen LogP contribution in [0, 0.1) is 0 Å². The zero-order valence-electron chi connectivity index (χ0n) is 34.5. The number of anilines is 3. The van der Waals surface area contributed by atoms with Crippen LogP contribution in [0.25, 0.3) is 81.9 Å². The third kappa shape index (κ3) is 5.33. The summed E-state index contributed by atoms with van der Waals surface area (Å²) in [6.45, 7) is -0.101. The standard InChI is InChI=1S/C60H39BN2/c1-3-21-40(22-4-1)42-25-11-15-33-51(42)61-52-34-16-20-38-56(52)62(53-35-17-12-26-43(53)41-23-5-2-6-24-41)57-39-50-47-30-10-8-28-45(47)44-27-7-9-29-46(44)48-31-13-18-36-54(48)63-55-37-19-14-32-49(55)58(59(57)61)60(50)63/h1-39H. The van der Waals surface area contributed by atoms with E-state index in [0.29, 0.717) is 0 Å². The molecule has 0 unspecified atom stereocenters. The maximum absolute atomic E-state index is 2.58. The van der Waals surface area contributed by atoms with Gasteiger partial charge in [-0.3, -0.25) is 0 Å². The SMILES string of the molecule is c1ccc(-c2ccccc2B2c3ccccc3N(c3ccccc3-c3ccccc3)c3cc4c5ccccc5c5ccccc5c5ccccc5n5c6ccccc6c(c32)c45)cc1. The second kappa shape index (κ2) is 14.2. The minimum Gasteiger partial charge on any atom is -0.311 e. The van der Waals surface area contributed by atoms with Crippen LogP contribution in [-0.4, -0.2) is 11.1 Å². The van der Waals surface area contributed by atoms with Gasteiger partial charge in [0, 0.05) is 38.5 Å². The summed E-state index contributed by atoms with van der Waals surface area (Å²) in [4.78, 5) is 2.58. The molecule has 2 nitrogen and oxygen atoms in total. The predicted octanol–water partition coefficient (Wildman–Crippen LogP) is 13.9. The van der Waals surface area contributed by atoms with Crippen LogP contribution in [0.4, 0.5) is 17.1 Å². The molecule has 0 N–H and O–H groups in total. The molecule has 0 saturated carbocycles. The number of nitrogens with zero attached hydrogens (tertiary/aromatic N) is 2. The van der Waals surface area contributed by atoms with E-state index < -0.39 is 0 Å². The number of hydrogen-bond donors (Lipinski definition) is 0. The Labute approximate surface area is 366 Å². The Bertz CT molecular complexity index is 3810. The van der Waals surface area contributed by atoms with Crippen LogP contribution < -0.4 is 21.3 Å². The van der Waals surface area contributed by atoms with Crippen molar-refractivity contribution in [1.82, 2.24) is 4.40 Å². The van der Waals surface area contributed by atoms with Crippen LogP contribution in [0.15, 0.2) is 237 Å². The molecule has 12 aromatic rings. The van der Waals surface area contributed by atoms with Crippen molar-refractivity contribution in [2.45, 2.75) is 0 Å². The van der Waals surface area contributed by atoms with Gasteiger partial charge in [0.2, 0.25) is 6.71 Å². The van der Waals surface area contributed by atoms with E-state index in [1.807, 2.05) is 0 Å². The fraction of sp³-hybridized carbons (Fsp3) is 0. The molecule has 292 valence electrons. The largest absolute Gasteiger partial charge is 0.311 e. The van der Waals surface area contributed by atoms with Gasteiger partial charge in [0.25, 0.3) is 0 Å². The second-order valence-electron chi connectivity index (χ2n) is 16.7. The van der Waals surface area contributed by atoms with E-state index in [1.165, 1.54) is 110 Å². The highest BCUT2D eigenvalue weighted by Crippen LogP contribution is 2.47. The Morgan fingerprint density at radius 1 is 0.302 bits per heavy atom. The molecule has 13 rings (SSSR count). The normalized spacial score (nSPS) is 12.4. The lowest BCUT2D eigenvalue weighted by Crippen LogP contribution is -2.58. The average Bonchev–Trinajstić information content (AvgIpc) is 3.72.